The minimum absolute atomic E-state index is 0.0556. The first-order valence-electron chi connectivity index (χ1n) is 0.952. The minimum atomic E-state index is -0.0556. The topological polar surface area (TPSA) is 40.5 Å². The molecule has 0 aliphatic heterocycles. The highest BCUT2D eigenvalue weighted by Gasteiger charge is 1.72. The second kappa shape index (κ2) is 1.72. The van der Waals surface area contributed by atoms with Crippen LogP contribution in [-0.4, -0.2) is 16.7 Å². The van der Waals surface area contributed by atoms with Gasteiger partial charge in [-0.25, -0.2) is 5.06 Å². The average molecular weight is 73.1 g/mol. The molecule has 0 aliphatic rings. The maximum absolute atomic E-state index is 9.06. The van der Waals surface area contributed by atoms with Crippen LogP contribution in [0.5, 0.6) is 0 Å². The third-order valence-electron chi connectivity index (χ3n) is 0.108. The number of rotatable bonds is 1. The van der Waals surface area contributed by atoms with Crippen molar-refractivity contribution in [3.63, 3.8) is 0 Å². The van der Waals surface area contributed by atoms with Crippen molar-refractivity contribution in [2.75, 3.05) is 0 Å². The van der Waals surface area contributed by atoms with Crippen LogP contribution in [-0.2, 0) is 4.79 Å². The molecule has 0 fully saturated rings. The highest BCUT2D eigenvalue weighted by atomic mass is 16.5. The van der Waals surface area contributed by atoms with Gasteiger partial charge in [0.05, 0.1) is 0 Å². The fraction of sp³-hybridized carbons (Fsp3) is 0. The zero-order chi connectivity index (χ0) is 4.28. The summed E-state index contributed by atoms with van der Waals surface area (Å²) in [5, 5.41) is 7.55. The molecule has 0 bridgehead atoms. The molecule has 1 amide bonds. The van der Waals surface area contributed by atoms with Crippen LogP contribution in [0.25, 0.3) is 0 Å². The number of nitrogens with zero attached hydrogens (tertiary/aromatic N) is 1. The molecule has 2 radical (unpaired) electrons. The molecular weight excluding hydrogens is 70.0 g/mol. The molecule has 0 heterocycles. The van der Waals surface area contributed by atoms with Crippen LogP contribution >= 0.6 is 0 Å². The van der Waals surface area contributed by atoms with Gasteiger partial charge < -0.3 is 0 Å². The van der Waals surface area contributed by atoms with Crippen molar-refractivity contribution in [2.45, 2.75) is 0 Å². The summed E-state index contributed by atoms with van der Waals surface area (Å²) in [6, 6.07) is 0. The van der Waals surface area contributed by atoms with Crippen LogP contribution in [0, 0.1) is 7.05 Å². The molecule has 0 saturated heterocycles. The number of hydrogen-bond donors (Lipinski definition) is 1. The van der Waals surface area contributed by atoms with Gasteiger partial charge in [0.15, 0.2) is 0 Å². The van der Waals surface area contributed by atoms with E-state index in [1.165, 1.54) is 0 Å². The molecule has 0 aromatic carbocycles. The molecule has 1 N–H and O–H groups in total. The second-order valence-electron chi connectivity index (χ2n) is 0.485. The van der Waals surface area contributed by atoms with Crippen LogP contribution < -0.4 is 0 Å². The van der Waals surface area contributed by atoms with Crippen molar-refractivity contribution in [1.29, 1.82) is 0 Å². The van der Waals surface area contributed by atoms with Crippen LogP contribution in [0.15, 0.2) is 0 Å². The second-order valence-corrected chi connectivity index (χ2v) is 0.485. The third kappa shape index (κ3) is 3.43. The standard InChI is InChI=1S/C2H3NO2/c1-3(5)2-4/h1-2,5H. The average Bonchev–Trinajstić information content (AvgIpc) is 1.38. The summed E-state index contributed by atoms with van der Waals surface area (Å²) < 4.78 is 0. The number of amides is 1. The van der Waals surface area contributed by atoms with Gasteiger partial charge in [-0.15, -0.1) is 0 Å². The number of hydroxylamine groups is 2. The Balaban J connectivity index is 2.83. The normalized spacial score (nSPS) is 6.80. The molecule has 3 nitrogen and oxygen atoms in total. The van der Waals surface area contributed by atoms with E-state index in [2.05, 4.69) is 7.05 Å². The van der Waals surface area contributed by atoms with Crippen molar-refractivity contribution < 1.29 is 10.0 Å². The zero-order valence-corrected chi connectivity index (χ0v) is 2.46. The van der Waals surface area contributed by atoms with Crippen LogP contribution in [0.3, 0.4) is 0 Å². The highest BCUT2D eigenvalue weighted by molar-refractivity contribution is 5.44. The van der Waals surface area contributed by atoms with Crippen LogP contribution in [0.2, 0.25) is 0 Å². The lowest BCUT2D eigenvalue weighted by Crippen LogP contribution is -2.03. The van der Waals surface area contributed by atoms with E-state index in [0.717, 1.165) is 0 Å². The number of carbonyl (C=O) groups is 1. The number of carbonyl (C=O) groups excluding carboxylic acids is 1. The van der Waals surface area contributed by atoms with Gasteiger partial charge in [0.1, 0.15) is 7.05 Å². The van der Waals surface area contributed by atoms with E-state index in [-0.39, 0.29) is 11.5 Å². The largest absolute Gasteiger partial charge is 0.286 e. The highest BCUT2D eigenvalue weighted by Crippen LogP contribution is 1.55. The summed E-state index contributed by atoms with van der Waals surface area (Å²) in [7, 11) is 4.31. The van der Waals surface area contributed by atoms with E-state index in [1.807, 2.05) is 0 Å². The first kappa shape index (κ1) is 4.43. The summed E-state index contributed by atoms with van der Waals surface area (Å²) >= 11 is 0. The summed E-state index contributed by atoms with van der Waals surface area (Å²) in [6.07, 6.45) is 0.0833. The Morgan fingerprint density at radius 1 is 2.00 bits per heavy atom. The summed E-state index contributed by atoms with van der Waals surface area (Å²) in [4.78, 5) is 9.06. The van der Waals surface area contributed by atoms with Crippen molar-refractivity contribution in [3.8, 4) is 0 Å². The molecular formula is C2H3NO2. The molecule has 3 heteroatoms. The molecule has 0 spiro atoms. The van der Waals surface area contributed by atoms with Gasteiger partial charge in [-0.3, -0.25) is 10.0 Å². The van der Waals surface area contributed by atoms with Gasteiger partial charge in [0.25, 0.3) is 0 Å². The maximum atomic E-state index is 9.06. The maximum Gasteiger partial charge on any atom is 0.233 e. The predicted molar refractivity (Wildman–Crippen MR) is 14.0 cm³/mol. The van der Waals surface area contributed by atoms with E-state index in [1.54, 1.807) is 0 Å². The molecule has 28 valence electrons. The third-order valence-corrected chi connectivity index (χ3v) is 0.108. The quantitative estimate of drug-likeness (QED) is 0.197. The molecule has 0 unspecified atom stereocenters. The fourth-order valence-electron chi connectivity index (χ4n) is 0. The Morgan fingerprint density at radius 3 is 2.20 bits per heavy atom. The van der Waals surface area contributed by atoms with Gasteiger partial charge in [-0.1, -0.05) is 0 Å². The van der Waals surface area contributed by atoms with Gasteiger partial charge in [0.2, 0.25) is 6.41 Å². The van der Waals surface area contributed by atoms with E-state index < -0.39 is 0 Å². The Bertz CT molecular complexity index is 34.6. The first-order valence-corrected chi connectivity index (χ1v) is 0.952. The summed E-state index contributed by atoms with van der Waals surface area (Å²) in [5.74, 6) is 0. The van der Waals surface area contributed by atoms with Gasteiger partial charge >= 0.3 is 0 Å². The number of hydrogen-bond acceptors (Lipinski definition) is 2. The predicted octanol–water partition coefficient (Wildman–Crippen LogP) is -0.497. The zero-order valence-electron chi connectivity index (χ0n) is 2.46. The molecule has 0 aromatic heterocycles. The Morgan fingerprint density at radius 2 is 2.20 bits per heavy atom. The van der Waals surface area contributed by atoms with Crippen LogP contribution in [0.1, 0.15) is 0 Å². The Hall–Kier alpha value is -0.570. The SMILES string of the molecule is [CH]N(O)C=O. The summed E-state index contributed by atoms with van der Waals surface area (Å²) in [6.45, 7) is 0. The lowest BCUT2D eigenvalue weighted by Gasteiger charge is -1.89. The van der Waals surface area contributed by atoms with Gasteiger partial charge in [-0.2, -0.15) is 0 Å². The first-order chi connectivity index (χ1) is 2.27. The fourth-order valence-corrected chi connectivity index (χ4v) is 0. The van der Waals surface area contributed by atoms with Crippen molar-refractivity contribution in [1.82, 2.24) is 5.06 Å². The van der Waals surface area contributed by atoms with Crippen molar-refractivity contribution in [2.24, 2.45) is 0 Å². The van der Waals surface area contributed by atoms with Crippen molar-refractivity contribution >= 4 is 6.41 Å². The molecule has 0 atom stereocenters. The van der Waals surface area contributed by atoms with Gasteiger partial charge in [0, 0.05) is 0 Å². The molecule has 0 rings (SSSR count). The Kier molecular flexibility index (Phi) is 1.53. The lowest BCUT2D eigenvalue weighted by atomic mass is 11.2. The minimum Gasteiger partial charge on any atom is -0.286 e. The smallest absolute Gasteiger partial charge is 0.233 e. The molecule has 0 saturated carbocycles. The van der Waals surface area contributed by atoms with E-state index >= 15 is 0 Å². The summed E-state index contributed by atoms with van der Waals surface area (Å²) in [5.41, 5.74) is 0. The van der Waals surface area contributed by atoms with E-state index in [0.29, 0.717) is 0 Å². The van der Waals surface area contributed by atoms with Gasteiger partial charge in [-0.05, 0) is 0 Å². The molecule has 5 heavy (non-hydrogen) atoms. The van der Waals surface area contributed by atoms with E-state index in [4.69, 9.17) is 10.0 Å². The monoisotopic (exact) mass is 73.0 g/mol. The molecule has 0 aliphatic carbocycles. The van der Waals surface area contributed by atoms with Crippen LogP contribution in [0.4, 0.5) is 0 Å². The van der Waals surface area contributed by atoms with Crippen molar-refractivity contribution in [3.05, 3.63) is 7.05 Å². The Labute approximate surface area is 29.8 Å². The van der Waals surface area contributed by atoms with E-state index in [9.17, 15) is 0 Å². The molecule has 0 aromatic rings. The lowest BCUT2D eigenvalue weighted by molar-refractivity contribution is -0.139.